The molecule has 1 aliphatic rings. The molecule has 1 aromatic rings. The second-order valence-electron chi connectivity index (χ2n) is 4.53. The summed E-state index contributed by atoms with van der Waals surface area (Å²) in [6.45, 7) is 1.32. The van der Waals surface area contributed by atoms with Gasteiger partial charge in [-0.2, -0.15) is 0 Å². The zero-order valence-corrected chi connectivity index (χ0v) is 10.2. The number of ether oxygens (including phenoxy) is 1. The number of benzene rings is 1. The van der Waals surface area contributed by atoms with Crippen LogP contribution >= 0.6 is 11.6 Å². The quantitative estimate of drug-likeness (QED) is 0.879. The number of rotatable bonds is 5. The van der Waals surface area contributed by atoms with E-state index >= 15 is 0 Å². The molecule has 0 radical (unpaired) electrons. The predicted molar refractivity (Wildman–Crippen MR) is 65.4 cm³/mol. The molecule has 0 aliphatic carbocycles. The Kier molecular flexibility index (Phi) is 3.69. The maximum atomic E-state index is 10.5. The zero-order chi connectivity index (χ0) is 12.3. The van der Waals surface area contributed by atoms with E-state index in [0.717, 1.165) is 12.0 Å². The Hall–Kier alpha value is -1.06. The van der Waals surface area contributed by atoms with Crippen molar-refractivity contribution >= 4 is 17.6 Å². The van der Waals surface area contributed by atoms with Crippen molar-refractivity contribution in [3.05, 3.63) is 34.9 Å². The molecule has 1 N–H and O–H groups in total. The first-order chi connectivity index (χ1) is 8.12. The van der Waals surface area contributed by atoms with Crippen molar-refractivity contribution in [3.8, 4) is 0 Å². The van der Waals surface area contributed by atoms with E-state index in [0.29, 0.717) is 24.7 Å². The van der Waals surface area contributed by atoms with E-state index < -0.39 is 5.97 Å². The molecular weight excluding hydrogens is 240 g/mol. The molecule has 4 heteroatoms. The fourth-order valence-corrected chi connectivity index (χ4v) is 2.39. The van der Waals surface area contributed by atoms with E-state index in [9.17, 15) is 4.79 Å². The second-order valence-corrected chi connectivity index (χ2v) is 4.97. The molecule has 1 heterocycles. The average molecular weight is 255 g/mol. The third kappa shape index (κ3) is 2.79. The lowest BCUT2D eigenvalue weighted by atomic mass is 9.75. The van der Waals surface area contributed by atoms with Crippen LogP contribution < -0.4 is 0 Å². The Morgan fingerprint density at radius 1 is 1.47 bits per heavy atom. The Morgan fingerprint density at radius 3 is 2.76 bits per heavy atom. The number of halogens is 1. The molecule has 1 fully saturated rings. The summed E-state index contributed by atoms with van der Waals surface area (Å²) in [5, 5.41) is 9.38. The van der Waals surface area contributed by atoms with Crippen molar-refractivity contribution < 1.29 is 14.6 Å². The first-order valence-electron chi connectivity index (χ1n) is 5.68. The summed E-state index contributed by atoms with van der Waals surface area (Å²) in [7, 11) is 0. The molecule has 0 atom stereocenters. The third-order valence-electron chi connectivity index (χ3n) is 3.24. The molecule has 0 amide bonds. The van der Waals surface area contributed by atoms with Gasteiger partial charge in [-0.05, 0) is 30.5 Å². The Bertz CT molecular complexity index is 413. The van der Waals surface area contributed by atoms with Crippen LogP contribution in [0.1, 0.15) is 24.8 Å². The Labute approximate surface area is 105 Å². The average Bonchev–Trinajstić information content (AvgIpc) is 2.21. The lowest BCUT2D eigenvalue weighted by Crippen LogP contribution is -2.46. The highest BCUT2D eigenvalue weighted by atomic mass is 35.5. The van der Waals surface area contributed by atoms with Crippen molar-refractivity contribution in [1.29, 1.82) is 0 Å². The minimum absolute atomic E-state index is 0.0274. The summed E-state index contributed by atoms with van der Waals surface area (Å²) in [5.41, 5.74) is 1.13. The van der Waals surface area contributed by atoms with Crippen LogP contribution in [-0.2, 0) is 14.9 Å². The van der Waals surface area contributed by atoms with Gasteiger partial charge in [0.05, 0.1) is 13.2 Å². The molecule has 17 heavy (non-hydrogen) atoms. The minimum Gasteiger partial charge on any atom is -0.481 e. The van der Waals surface area contributed by atoms with Crippen LogP contribution in [0.3, 0.4) is 0 Å². The van der Waals surface area contributed by atoms with Gasteiger partial charge in [-0.15, -0.1) is 0 Å². The van der Waals surface area contributed by atoms with Gasteiger partial charge in [0.1, 0.15) is 0 Å². The molecule has 1 aliphatic heterocycles. The van der Waals surface area contributed by atoms with Crippen molar-refractivity contribution in [2.24, 2.45) is 0 Å². The number of carboxylic acids is 1. The summed E-state index contributed by atoms with van der Waals surface area (Å²) in [5.74, 6) is -0.744. The van der Waals surface area contributed by atoms with Gasteiger partial charge in [-0.3, -0.25) is 4.79 Å². The topological polar surface area (TPSA) is 46.5 Å². The van der Waals surface area contributed by atoms with E-state index in [4.69, 9.17) is 21.4 Å². The Balaban J connectivity index is 2.06. The molecule has 0 unspecified atom stereocenters. The summed E-state index contributed by atoms with van der Waals surface area (Å²) >= 11 is 5.98. The SMILES string of the molecule is O=C(O)CCCC1(c2cccc(Cl)c2)COC1. The van der Waals surface area contributed by atoms with Crippen LogP contribution in [0.4, 0.5) is 0 Å². The van der Waals surface area contributed by atoms with Gasteiger partial charge >= 0.3 is 5.97 Å². The minimum atomic E-state index is -0.744. The van der Waals surface area contributed by atoms with Gasteiger partial charge in [0, 0.05) is 16.9 Å². The van der Waals surface area contributed by atoms with E-state index in [1.807, 2.05) is 24.3 Å². The molecule has 1 saturated heterocycles. The van der Waals surface area contributed by atoms with Gasteiger partial charge < -0.3 is 9.84 Å². The lowest BCUT2D eigenvalue weighted by molar-refractivity contribution is -0.137. The maximum Gasteiger partial charge on any atom is 0.303 e. The number of hydrogen-bond donors (Lipinski definition) is 1. The molecule has 3 nitrogen and oxygen atoms in total. The number of carboxylic acid groups (broad SMARTS) is 1. The van der Waals surface area contributed by atoms with Crippen LogP contribution in [0.2, 0.25) is 5.02 Å². The van der Waals surface area contributed by atoms with Gasteiger partial charge in [0.15, 0.2) is 0 Å². The molecular formula is C13H15ClO3. The fraction of sp³-hybridized carbons (Fsp3) is 0.462. The normalized spacial score (nSPS) is 17.5. The molecule has 0 bridgehead atoms. The van der Waals surface area contributed by atoms with E-state index in [2.05, 4.69) is 0 Å². The van der Waals surface area contributed by atoms with Crippen LogP contribution in [0.5, 0.6) is 0 Å². The van der Waals surface area contributed by atoms with E-state index in [-0.39, 0.29) is 11.8 Å². The Morgan fingerprint density at radius 2 is 2.24 bits per heavy atom. The number of hydrogen-bond acceptors (Lipinski definition) is 2. The molecule has 1 aromatic carbocycles. The van der Waals surface area contributed by atoms with Gasteiger partial charge in [0.2, 0.25) is 0 Å². The standard InChI is InChI=1S/C13H15ClO3/c14-11-4-1-3-10(7-11)13(8-17-9-13)6-2-5-12(15)16/h1,3-4,7H,2,5-6,8-9H2,(H,15,16). The van der Waals surface area contributed by atoms with Crippen molar-refractivity contribution in [2.45, 2.75) is 24.7 Å². The number of aliphatic carboxylic acids is 1. The highest BCUT2D eigenvalue weighted by molar-refractivity contribution is 6.30. The van der Waals surface area contributed by atoms with Gasteiger partial charge in [0.25, 0.3) is 0 Å². The summed E-state index contributed by atoms with van der Waals surface area (Å²) in [6.07, 6.45) is 1.72. The van der Waals surface area contributed by atoms with Gasteiger partial charge in [-0.25, -0.2) is 0 Å². The number of carbonyl (C=O) groups is 1. The van der Waals surface area contributed by atoms with Crippen LogP contribution in [0, 0.1) is 0 Å². The van der Waals surface area contributed by atoms with Crippen LogP contribution in [0.15, 0.2) is 24.3 Å². The van der Waals surface area contributed by atoms with Gasteiger partial charge in [-0.1, -0.05) is 23.7 Å². The predicted octanol–water partition coefficient (Wildman–Crippen LogP) is 2.86. The summed E-state index contributed by atoms with van der Waals surface area (Å²) in [6, 6.07) is 7.75. The van der Waals surface area contributed by atoms with Crippen LogP contribution in [0.25, 0.3) is 0 Å². The lowest BCUT2D eigenvalue weighted by Gasteiger charge is -2.42. The summed E-state index contributed by atoms with van der Waals surface area (Å²) < 4.78 is 5.30. The molecule has 0 saturated carbocycles. The van der Waals surface area contributed by atoms with Crippen molar-refractivity contribution in [3.63, 3.8) is 0 Å². The second kappa shape index (κ2) is 5.07. The van der Waals surface area contributed by atoms with E-state index in [1.54, 1.807) is 0 Å². The summed E-state index contributed by atoms with van der Waals surface area (Å²) in [4.78, 5) is 10.5. The molecule has 2 rings (SSSR count). The third-order valence-corrected chi connectivity index (χ3v) is 3.47. The highest BCUT2D eigenvalue weighted by Gasteiger charge is 2.39. The molecule has 92 valence electrons. The largest absolute Gasteiger partial charge is 0.481 e. The van der Waals surface area contributed by atoms with Crippen molar-refractivity contribution in [2.75, 3.05) is 13.2 Å². The molecule has 0 spiro atoms. The monoisotopic (exact) mass is 254 g/mol. The first-order valence-corrected chi connectivity index (χ1v) is 6.06. The molecule has 0 aromatic heterocycles. The van der Waals surface area contributed by atoms with Crippen LogP contribution in [-0.4, -0.2) is 24.3 Å². The van der Waals surface area contributed by atoms with E-state index in [1.165, 1.54) is 0 Å². The van der Waals surface area contributed by atoms with Crippen molar-refractivity contribution in [1.82, 2.24) is 0 Å². The first kappa shape index (κ1) is 12.4. The fourth-order valence-electron chi connectivity index (χ4n) is 2.20. The maximum absolute atomic E-state index is 10.5. The highest BCUT2D eigenvalue weighted by Crippen LogP contribution is 2.38. The smallest absolute Gasteiger partial charge is 0.303 e. The zero-order valence-electron chi connectivity index (χ0n) is 9.49.